The molecule has 0 saturated carbocycles. The van der Waals surface area contributed by atoms with E-state index in [2.05, 4.69) is 15.5 Å². The molecule has 0 aliphatic rings. The number of ether oxygens (including phenoxy) is 1. The van der Waals surface area contributed by atoms with Gasteiger partial charge in [-0.2, -0.15) is 4.98 Å². The molecule has 0 aliphatic heterocycles. The maximum absolute atomic E-state index is 12.2. The number of nitrogens with one attached hydrogen (secondary N) is 1. The summed E-state index contributed by atoms with van der Waals surface area (Å²) in [5.74, 6) is 0.0334. The highest BCUT2D eigenvalue weighted by Gasteiger charge is 2.19. The van der Waals surface area contributed by atoms with Crippen molar-refractivity contribution in [3.8, 4) is 0 Å². The average molecular weight is 382 g/mol. The lowest BCUT2D eigenvalue weighted by atomic mass is 10.1. The Kier molecular flexibility index (Phi) is 5.64. The van der Waals surface area contributed by atoms with Crippen molar-refractivity contribution < 1.29 is 19.0 Å². The Balaban J connectivity index is 1.73. The zero-order valence-electron chi connectivity index (χ0n) is 15.3. The normalized spacial score (nSPS) is 10.7. The number of hydrogen-bond donors (Lipinski definition) is 1. The van der Waals surface area contributed by atoms with Crippen LogP contribution in [0.15, 0.2) is 53.1 Å². The van der Waals surface area contributed by atoms with E-state index < -0.39 is 10.9 Å². The van der Waals surface area contributed by atoms with Gasteiger partial charge in [0.05, 0.1) is 10.5 Å². The Morgan fingerprint density at radius 3 is 2.64 bits per heavy atom. The molecule has 144 valence electrons. The summed E-state index contributed by atoms with van der Waals surface area (Å²) in [4.78, 5) is 27.2. The van der Waals surface area contributed by atoms with Crippen molar-refractivity contribution in [1.29, 1.82) is 0 Å². The van der Waals surface area contributed by atoms with Gasteiger partial charge in [0, 0.05) is 17.7 Å². The maximum Gasteiger partial charge on any atom is 0.338 e. The summed E-state index contributed by atoms with van der Waals surface area (Å²) >= 11 is 0. The van der Waals surface area contributed by atoms with Crippen LogP contribution >= 0.6 is 0 Å². The number of benzene rings is 2. The molecule has 1 heterocycles. The quantitative estimate of drug-likeness (QED) is 0.367. The van der Waals surface area contributed by atoms with Gasteiger partial charge < -0.3 is 14.6 Å². The lowest BCUT2D eigenvalue weighted by molar-refractivity contribution is -0.383. The fourth-order valence-corrected chi connectivity index (χ4v) is 2.36. The average Bonchev–Trinajstić information content (AvgIpc) is 3.16. The SMILES string of the molecule is CC(C)c1noc(COC(=O)c2ccc(Nc3ccccc3)c([N+](=O)[O-])c2)n1. The third-order valence-corrected chi connectivity index (χ3v) is 3.81. The summed E-state index contributed by atoms with van der Waals surface area (Å²) in [5.41, 5.74) is 0.775. The molecule has 0 spiro atoms. The molecule has 0 unspecified atom stereocenters. The van der Waals surface area contributed by atoms with Crippen LogP contribution in [0.2, 0.25) is 0 Å². The lowest BCUT2D eigenvalue weighted by Crippen LogP contribution is -2.07. The fraction of sp³-hybridized carbons (Fsp3) is 0.211. The molecule has 0 bridgehead atoms. The van der Waals surface area contributed by atoms with Gasteiger partial charge in [-0.05, 0) is 24.3 Å². The van der Waals surface area contributed by atoms with Crippen molar-refractivity contribution in [3.63, 3.8) is 0 Å². The van der Waals surface area contributed by atoms with Gasteiger partial charge in [-0.15, -0.1) is 0 Å². The summed E-state index contributed by atoms with van der Waals surface area (Å²) in [6.45, 7) is 3.60. The monoisotopic (exact) mass is 382 g/mol. The number of nitro groups is 1. The van der Waals surface area contributed by atoms with E-state index >= 15 is 0 Å². The Hall–Kier alpha value is -3.75. The van der Waals surface area contributed by atoms with E-state index in [0.29, 0.717) is 11.5 Å². The van der Waals surface area contributed by atoms with Gasteiger partial charge in [0.25, 0.3) is 11.6 Å². The van der Waals surface area contributed by atoms with E-state index in [-0.39, 0.29) is 35.4 Å². The first kappa shape index (κ1) is 19.0. The van der Waals surface area contributed by atoms with Crippen LogP contribution in [-0.4, -0.2) is 21.0 Å². The first-order chi connectivity index (χ1) is 13.4. The second kappa shape index (κ2) is 8.30. The highest BCUT2D eigenvalue weighted by Crippen LogP contribution is 2.29. The number of hydrogen-bond acceptors (Lipinski definition) is 8. The van der Waals surface area contributed by atoms with Crippen molar-refractivity contribution >= 4 is 23.0 Å². The van der Waals surface area contributed by atoms with Crippen LogP contribution < -0.4 is 5.32 Å². The minimum Gasteiger partial charge on any atom is -0.452 e. The van der Waals surface area contributed by atoms with Crippen molar-refractivity contribution in [2.75, 3.05) is 5.32 Å². The summed E-state index contributed by atoms with van der Waals surface area (Å²) < 4.78 is 10.1. The summed E-state index contributed by atoms with van der Waals surface area (Å²) in [7, 11) is 0. The van der Waals surface area contributed by atoms with Crippen LogP contribution in [0.25, 0.3) is 0 Å². The highest BCUT2D eigenvalue weighted by atomic mass is 16.6. The molecule has 1 aromatic heterocycles. The van der Waals surface area contributed by atoms with Gasteiger partial charge in [-0.1, -0.05) is 37.2 Å². The predicted molar refractivity (Wildman–Crippen MR) is 100 cm³/mol. The molecular formula is C19H18N4O5. The summed E-state index contributed by atoms with van der Waals surface area (Å²) in [6, 6.07) is 13.1. The number of nitrogens with zero attached hydrogens (tertiary/aromatic N) is 3. The Bertz CT molecular complexity index is 985. The topological polar surface area (TPSA) is 120 Å². The molecule has 0 fully saturated rings. The molecule has 0 aliphatic carbocycles. The minimum absolute atomic E-state index is 0.0499. The van der Waals surface area contributed by atoms with Crippen LogP contribution in [0.4, 0.5) is 17.1 Å². The van der Waals surface area contributed by atoms with Gasteiger partial charge in [0.15, 0.2) is 12.4 Å². The first-order valence-corrected chi connectivity index (χ1v) is 8.54. The third kappa shape index (κ3) is 4.50. The number of carbonyl (C=O) groups is 1. The Morgan fingerprint density at radius 2 is 2.00 bits per heavy atom. The van der Waals surface area contributed by atoms with E-state index in [1.54, 1.807) is 12.1 Å². The van der Waals surface area contributed by atoms with Gasteiger partial charge >= 0.3 is 5.97 Å². The Labute approximate surface area is 160 Å². The molecule has 9 nitrogen and oxygen atoms in total. The zero-order valence-corrected chi connectivity index (χ0v) is 15.3. The molecule has 3 aromatic rings. The largest absolute Gasteiger partial charge is 0.452 e. The van der Waals surface area contributed by atoms with E-state index in [4.69, 9.17) is 9.26 Å². The zero-order chi connectivity index (χ0) is 20.1. The number of rotatable bonds is 7. The van der Waals surface area contributed by atoms with Crippen LogP contribution in [0.1, 0.15) is 41.8 Å². The number of carbonyl (C=O) groups excluding carboxylic acids is 1. The van der Waals surface area contributed by atoms with Crippen molar-refractivity contribution in [1.82, 2.24) is 10.1 Å². The standard InChI is InChI=1S/C19H18N4O5/c1-12(2)18-21-17(28-22-18)11-27-19(24)13-8-9-15(16(10-13)23(25)26)20-14-6-4-3-5-7-14/h3-10,12,20H,11H2,1-2H3. The first-order valence-electron chi connectivity index (χ1n) is 8.54. The van der Waals surface area contributed by atoms with Crippen LogP contribution in [0.5, 0.6) is 0 Å². The van der Waals surface area contributed by atoms with Crippen LogP contribution in [0, 0.1) is 10.1 Å². The second-order valence-corrected chi connectivity index (χ2v) is 6.26. The third-order valence-electron chi connectivity index (χ3n) is 3.81. The highest BCUT2D eigenvalue weighted by molar-refractivity contribution is 5.91. The molecule has 28 heavy (non-hydrogen) atoms. The van der Waals surface area contributed by atoms with Gasteiger partial charge in [0.1, 0.15) is 5.69 Å². The molecule has 0 saturated heterocycles. The fourth-order valence-electron chi connectivity index (χ4n) is 2.36. The number of nitro benzene ring substituents is 1. The second-order valence-electron chi connectivity index (χ2n) is 6.26. The molecule has 0 atom stereocenters. The minimum atomic E-state index is -0.723. The van der Waals surface area contributed by atoms with Crippen molar-refractivity contribution in [2.45, 2.75) is 26.4 Å². The van der Waals surface area contributed by atoms with Gasteiger partial charge in [0.2, 0.25) is 0 Å². The van der Waals surface area contributed by atoms with Crippen molar-refractivity contribution in [3.05, 3.63) is 75.9 Å². The number of aromatic nitrogens is 2. The molecular weight excluding hydrogens is 364 g/mol. The molecule has 0 radical (unpaired) electrons. The van der Waals surface area contributed by atoms with Crippen LogP contribution in [0.3, 0.4) is 0 Å². The van der Waals surface area contributed by atoms with E-state index in [1.807, 2.05) is 32.0 Å². The maximum atomic E-state index is 12.2. The predicted octanol–water partition coefficient (Wildman–Crippen LogP) is 4.20. The van der Waals surface area contributed by atoms with E-state index in [9.17, 15) is 14.9 Å². The number of para-hydroxylation sites is 1. The van der Waals surface area contributed by atoms with Gasteiger partial charge in [-0.3, -0.25) is 10.1 Å². The molecule has 9 heteroatoms. The van der Waals surface area contributed by atoms with Crippen molar-refractivity contribution in [2.24, 2.45) is 0 Å². The van der Waals surface area contributed by atoms with Gasteiger partial charge in [-0.25, -0.2) is 4.79 Å². The molecule has 3 rings (SSSR count). The number of anilines is 2. The molecule has 0 amide bonds. The summed E-state index contributed by atoms with van der Waals surface area (Å²) in [5, 5.41) is 18.2. The molecule has 2 aromatic carbocycles. The Morgan fingerprint density at radius 1 is 1.25 bits per heavy atom. The number of esters is 1. The summed E-state index contributed by atoms with van der Waals surface area (Å²) in [6.07, 6.45) is 0. The van der Waals surface area contributed by atoms with E-state index in [1.165, 1.54) is 18.2 Å². The smallest absolute Gasteiger partial charge is 0.338 e. The van der Waals surface area contributed by atoms with E-state index in [0.717, 1.165) is 0 Å². The lowest BCUT2D eigenvalue weighted by Gasteiger charge is -2.08. The van der Waals surface area contributed by atoms with Crippen LogP contribution in [-0.2, 0) is 11.3 Å². The molecule has 1 N–H and O–H groups in total.